The van der Waals surface area contributed by atoms with Crippen molar-refractivity contribution in [3.63, 3.8) is 0 Å². The standard InChI is InChI=1S/C44H72N2O4/c1-5-9-13-15-21-33-45(31-11-7-3)35-23-29-43(47)49-37-39-25-17-19-27-41(39)42-28-20-18-26-40(42)38-50-44(48)30-24-36-46(32-12-8-4)34-22-16-14-10-6-2/h17-20,25-28H,5-16,21-24,29-38H2,1-4H3. The smallest absolute Gasteiger partial charge is 0.306 e. The van der Waals surface area contributed by atoms with E-state index in [9.17, 15) is 9.59 Å². The fourth-order valence-corrected chi connectivity index (χ4v) is 6.48. The van der Waals surface area contributed by atoms with Crippen molar-refractivity contribution in [1.82, 2.24) is 9.80 Å². The molecule has 0 atom stereocenters. The third-order valence-electron chi connectivity index (χ3n) is 9.62. The second kappa shape index (κ2) is 28.9. The summed E-state index contributed by atoms with van der Waals surface area (Å²) in [5.41, 5.74) is 3.92. The minimum atomic E-state index is -0.148. The van der Waals surface area contributed by atoms with Crippen LogP contribution in [0.5, 0.6) is 0 Å². The summed E-state index contributed by atoms with van der Waals surface area (Å²) >= 11 is 0. The van der Waals surface area contributed by atoms with Crippen molar-refractivity contribution in [3.8, 4) is 11.1 Å². The summed E-state index contributed by atoms with van der Waals surface area (Å²) in [7, 11) is 0. The highest BCUT2D eigenvalue weighted by Gasteiger charge is 2.14. The summed E-state index contributed by atoms with van der Waals surface area (Å²) in [4.78, 5) is 30.7. The lowest BCUT2D eigenvalue weighted by atomic mass is 9.96. The van der Waals surface area contributed by atoms with Crippen molar-refractivity contribution in [1.29, 1.82) is 0 Å². The van der Waals surface area contributed by atoms with Crippen molar-refractivity contribution in [2.24, 2.45) is 0 Å². The number of benzene rings is 2. The van der Waals surface area contributed by atoms with Gasteiger partial charge >= 0.3 is 11.9 Å². The Hall–Kier alpha value is -2.70. The van der Waals surface area contributed by atoms with Gasteiger partial charge in [0.1, 0.15) is 13.2 Å². The van der Waals surface area contributed by atoms with Crippen LogP contribution in [-0.4, -0.2) is 61.0 Å². The maximum absolute atomic E-state index is 12.8. The molecule has 0 aliphatic heterocycles. The van der Waals surface area contributed by atoms with Gasteiger partial charge in [-0.2, -0.15) is 0 Å². The van der Waals surface area contributed by atoms with E-state index in [2.05, 4.69) is 49.6 Å². The molecule has 6 heteroatoms. The Kier molecular flexibility index (Phi) is 25.2. The normalized spacial score (nSPS) is 11.4. The maximum atomic E-state index is 12.8. The molecule has 0 radical (unpaired) electrons. The topological polar surface area (TPSA) is 59.1 Å². The van der Waals surface area contributed by atoms with Gasteiger partial charge in [0.2, 0.25) is 0 Å². The molecule has 0 aromatic heterocycles. The first-order valence-electron chi connectivity index (χ1n) is 20.4. The SMILES string of the molecule is CCCCCCCN(CCCC)CCCC(=O)OCc1ccccc1-c1ccccc1COC(=O)CCCN(CCCC)CCCCCCC. The quantitative estimate of drug-likeness (QED) is 0.0579. The molecule has 0 spiro atoms. The molecule has 0 amide bonds. The molecule has 0 heterocycles. The Balaban J connectivity index is 1.86. The molecule has 6 nitrogen and oxygen atoms in total. The van der Waals surface area contributed by atoms with E-state index in [1.807, 2.05) is 36.4 Å². The number of carbonyl (C=O) groups is 2. The van der Waals surface area contributed by atoms with Crippen LogP contribution < -0.4 is 0 Å². The minimum absolute atomic E-state index is 0.148. The third kappa shape index (κ3) is 19.6. The van der Waals surface area contributed by atoms with Crippen molar-refractivity contribution in [2.75, 3.05) is 39.3 Å². The first kappa shape index (κ1) is 43.5. The van der Waals surface area contributed by atoms with Gasteiger partial charge in [-0.1, -0.05) is 140 Å². The molecule has 0 aliphatic rings. The molecule has 0 aliphatic carbocycles. The monoisotopic (exact) mass is 693 g/mol. The van der Waals surface area contributed by atoms with Gasteiger partial charge in [0.05, 0.1) is 0 Å². The lowest BCUT2D eigenvalue weighted by Gasteiger charge is -2.22. The van der Waals surface area contributed by atoms with E-state index in [4.69, 9.17) is 9.47 Å². The average Bonchev–Trinajstić information content (AvgIpc) is 3.13. The summed E-state index contributed by atoms with van der Waals surface area (Å²) < 4.78 is 11.6. The van der Waals surface area contributed by atoms with Gasteiger partial charge in [0.15, 0.2) is 0 Å². The summed E-state index contributed by atoms with van der Waals surface area (Å²) in [6.45, 7) is 15.8. The number of rotatable bonds is 31. The molecule has 282 valence electrons. The van der Waals surface area contributed by atoms with E-state index in [0.29, 0.717) is 12.8 Å². The summed E-state index contributed by atoms with van der Waals surface area (Å²) in [6, 6.07) is 16.1. The van der Waals surface area contributed by atoms with Crippen LogP contribution in [0.1, 0.15) is 154 Å². The molecular formula is C44H72N2O4. The molecule has 0 saturated heterocycles. The van der Waals surface area contributed by atoms with E-state index in [1.54, 1.807) is 0 Å². The number of esters is 2. The van der Waals surface area contributed by atoms with Crippen LogP contribution in [-0.2, 0) is 32.3 Å². The highest BCUT2D eigenvalue weighted by molar-refractivity contribution is 5.73. The average molecular weight is 693 g/mol. The number of ether oxygens (including phenoxy) is 2. The van der Waals surface area contributed by atoms with Crippen molar-refractivity contribution >= 4 is 11.9 Å². The zero-order chi connectivity index (χ0) is 36.1. The molecule has 0 N–H and O–H groups in total. The summed E-state index contributed by atoms with van der Waals surface area (Å²) in [5, 5.41) is 0. The zero-order valence-electron chi connectivity index (χ0n) is 32.5. The molecule has 0 fully saturated rings. The van der Waals surface area contributed by atoms with Crippen LogP contribution in [0.2, 0.25) is 0 Å². The Morgan fingerprint density at radius 2 is 0.780 bits per heavy atom. The Morgan fingerprint density at radius 1 is 0.440 bits per heavy atom. The van der Waals surface area contributed by atoms with Crippen molar-refractivity contribution in [3.05, 3.63) is 59.7 Å². The lowest BCUT2D eigenvalue weighted by molar-refractivity contribution is -0.146. The first-order chi connectivity index (χ1) is 24.5. The van der Waals surface area contributed by atoms with Crippen LogP contribution >= 0.6 is 0 Å². The number of hydrogen-bond acceptors (Lipinski definition) is 6. The number of hydrogen-bond donors (Lipinski definition) is 0. The minimum Gasteiger partial charge on any atom is -0.461 e. The maximum Gasteiger partial charge on any atom is 0.306 e. The van der Waals surface area contributed by atoms with Gasteiger partial charge in [-0.15, -0.1) is 0 Å². The molecule has 2 aromatic carbocycles. The van der Waals surface area contributed by atoms with Gasteiger partial charge in [-0.05, 0) is 100 Å². The van der Waals surface area contributed by atoms with Gasteiger partial charge in [0, 0.05) is 12.8 Å². The highest BCUT2D eigenvalue weighted by atomic mass is 16.5. The number of nitrogens with zero attached hydrogens (tertiary/aromatic N) is 2. The van der Waals surface area contributed by atoms with Gasteiger partial charge in [0.25, 0.3) is 0 Å². The van der Waals surface area contributed by atoms with Crippen LogP contribution in [0, 0.1) is 0 Å². The Labute approximate surface area is 306 Å². The fraction of sp³-hybridized carbons (Fsp3) is 0.682. The summed E-state index contributed by atoms with van der Waals surface area (Å²) in [6.07, 6.45) is 20.2. The molecule has 50 heavy (non-hydrogen) atoms. The molecule has 0 bridgehead atoms. The number of carbonyl (C=O) groups excluding carboxylic acids is 2. The van der Waals surface area contributed by atoms with E-state index in [0.717, 1.165) is 74.4 Å². The van der Waals surface area contributed by atoms with E-state index >= 15 is 0 Å². The second-order valence-corrected chi connectivity index (χ2v) is 14.1. The first-order valence-corrected chi connectivity index (χ1v) is 20.4. The predicted octanol–water partition coefficient (Wildman–Crippen LogP) is 11.1. The molecule has 2 aromatic rings. The Morgan fingerprint density at radius 3 is 1.18 bits per heavy atom. The lowest BCUT2D eigenvalue weighted by Crippen LogP contribution is -2.27. The van der Waals surface area contributed by atoms with Crippen LogP contribution in [0.3, 0.4) is 0 Å². The zero-order valence-corrected chi connectivity index (χ0v) is 32.5. The highest BCUT2D eigenvalue weighted by Crippen LogP contribution is 2.28. The van der Waals surface area contributed by atoms with Crippen LogP contribution in [0.25, 0.3) is 11.1 Å². The molecule has 0 unspecified atom stereocenters. The fourth-order valence-electron chi connectivity index (χ4n) is 6.48. The van der Waals surface area contributed by atoms with Crippen LogP contribution in [0.15, 0.2) is 48.5 Å². The van der Waals surface area contributed by atoms with Gasteiger partial charge in [-0.3, -0.25) is 9.59 Å². The van der Waals surface area contributed by atoms with Crippen LogP contribution in [0.4, 0.5) is 0 Å². The largest absolute Gasteiger partial charge is 0.461 e. The molecule has 0 saturated carbocycles. The van der Waals surface area contributed by atoms with Crippen molar-refractivity contribution in [2.45, 2.75) is 156 Å². The second-order valence-electron chi connectivity index (χ2n) is 14.1. The number of unbranched alkanes of at least 4 members (excludes halogenated alkanes) is 10. The van der Waals surface area contributed by atoms with Crippen molar-refractivity contribution < 1.29 is 19.1 Å². The van der Waals surface area contributed by atoms with E-state index in [-0.39, 0.29) is 25.2 Å². The Bertz CT molecular complexity index is 1060. The van der Waals surface area contributed by atoms with E-state index < -0.39 is 0 Å². The van der Waals surface area contributed by atoms with Gasteiger partial charge < -0.3 is 19.3 Å². The predicted molar refractivity (Wildman–Crippen MR) is 210 cm³/mol. The molecule has 2 rings (SSSR count). The van der Waals surface area contributed by atoms with Gasteiger partial charge in [-0.25, -0.2) is 0 Å². The summed E-state index contributed by atoms with van der Waals surface area (Å²) in [5.74, 6) is -0.296. The molecular weight excluding hydrogens is 620 g/mol. The third-order valence-corrected chi connectivity index (χ3v) is 9.62. The van der Waals surface area contributed by atoms with E-state index in [1.165, 1.54) is 89.9 Å².